The van der Waals surface area contributed by atoms with Gasteiger partial charge in [-0.15, -0.1) is 0 Å². The summed E-state index contributed by atoms with van der Waals surface area (Å²) in [5, 5.41) is 7.20. The van der Waals surface area contributed by atoms with Crippen molar-refractivity contribution in [2.45, 2.75) is 44.9 Å². The van der Waals surface area contributed by atoms with Crippen LogP contribution < -0.4 is 10.2 Å². The van der Waals surface area contributed by atoms with Gasteiger partial charge in [-0.3, -0.25) is 9.69 Å². The summed E-state index contributed by atoms with van der Waals surface area (Å²) in [5.74, 6) is 0.00896. The van der Waals surface area contributed by atoms with Crippen LogP contribution in [0.4, 0.5) is 10.6 Å². The van der Waals surface area contributed by atoms with Crippen LogP contribution in [-0.4, -0.2) is 58.5 Å². The second kappa shape index (κ2) is 6.97. The Morgan fingerprint density at radius 2 is 2.11 bits per heavy atom. The molecule has 2 amide bonds. The molecule has 2 aromatic heterocycles. The Kier molecular flexibility index (Phi) is 5.00. The lowest BCUT2D eigenvalue weighted by molar-refractivity contribution is 0.0587. The van der Waals surface area contributed by atoms with Crippen molar-refractivity contribution >= 4 is 35.1 Å². The van der Waals surface area contributed by atoms with Gasteiger partial charge in [-0.05, 0) is 27.2 Å². The Balaban J connectivity index is 1.91. The van der Waals surface area contributed by atoms with Gasteiger partial charge in [0.05, 0.1) is 18.3 Å². The Morgan fingerprint density at radius 1 is 1.41 bits per heavy atom. The smallest absolute Gasteiger partial charge is 0.415 e. The molecule has 1 fully saturated rings. The maximum Gasteiger partial charge on any atom is 0.415 e. The number of carbonyl (C=O) groups is 2. The summed E-state index contributed by atoms with van der Waals surface area (Å²) in [6.07, 6.45) is 1.61. The van der Waals surface area contributed by atoms with E-state index in [4.69, 9.17) is 21.1 Å². The molecule has 1 saturated carbocycles. The number of fused-ring (bicyclic) bond motifs is 1. The van der Waals surface area contributed by atoms with Crippen LogP contribution in [0, 0.1) is 0 Å². The molecule has 146 valence electrons. The van der Waals surface area contributed by atoms with E-state index in [9.17, 15) is 9.59 Å². The number of nitrogens with one attached hydrogen (secondary N) is 1. The van der Waals surface area contributed by atoms with E-state index in [0.717, 1.165) is 6.42 Å². The number of anilines is 1. The number of hydrogen-bond acceptors (Lipinski definition) is 6. The number of halogens is 1. The fourth-order valence-corrected chi connectivity index (χ4v) is 2.75. The third kappa shape index (κ3) is 4.14. The first kappa shape index (κ1) is 19.4. The van der Waals surface area contributed by atoms with E-state index in [0.29, 0.717) is 5.82 Å². The number of aromatic nitrogens is 3. The van der Waals surface area contributed by atoms with E-state index in [-0.39, 0.29) is 34.4 Å². The van der Waals surface area contributed by atoms with E-state index in [1.165, 1.54) is 28.7 Å². The molecule has 27 heavy (non-hydrogen) atoms. The highest BCUT2D eigenvalue weighted by Crippen LogP contribution is 2.26. The monoisotopic (exact) mass is 395 g/mol. The molecule has 1 N–H and O–H groups in total. The Labute approximate surface area is 161 Å². The standard InChI is InChI=1S/C17H22ClN5O4/c1-17(2,3)27-16(25)22(4)13-7-12(18)21-14-9(8-19-23(13)14)15(24)20-10-6-11(10)26-5/h7-8,10-11H,6H2,1-5H3,(H,20,24)/t10?,11-/m0/s1. The van der Waals surface area contributed by atoms with Crippen molar-refractivity contribution in [2.75, 3.05) is 19.1 Å². The van der Waals surface area contributed by atoms with Gasteiger partial charge < -0.3 is 14.8 Å². The molecule has 0 bridgehead atoms. The van der Waals surface area contributed by atoms with Crippen LogP contribution in [0.5, 0.6) is 0 Å². The number of ether oxygens (including phenoxy) is 2. The predicted octanol–water partition coefficient (Wildman–Crippen LogP) is 2.27. The van der Waals surface area contributed by atoms with Crippen LogP contribution in [0.3, 0.4) is 0 Å². The molecule has 0 aromatic carbocycles. The van der Waals surface area contributed by atoms with Crippen molar-refractivity contribution in [3.05, 3.63) is 23.0 Å². The first-order valence-corrected chi connectivity index (χ1v) is 8.83. The van der Waals surface area contributed by atoms with Crippen molar-refractivity contribution in [2.24, 2.45) is 0 Å². The summed E-state index contributed by atoms with van der Waals surface area (Å²) in [4.78, 5) is 30.4. The van der Waals surface area contributed by atoms with Crippen molar-refractivity contribution in [3.8, 4) is 0 Å². The SMILES string of the molecule is CO[C@H]1CC1NC(=O)c1cnn2c(N(C)C(=O)OC(C)(C)C)cc(Cl)nc12. The number of rotatable bonds is 4. The van der Waals surface area contributed by atoms with Crippen LogP contribution in [0.15, 0.2) is 12.3 Å². The fraction of sp³-hybridized carbons (Fsp3) is 0.529. The zero-order valence-corrected chi connectivity index (χ0v) is 16.6. The number of amides is 2. The first-order chi connectivity index (χ1) is 12.6. The van der Waals surface area contributed by atoms with Crippen LogP contribution in [0.1, 0.15) is 37.6 Å². The van der Waals surface area contributed by atoms with Gasteiger partial charge in [0.15, 0.2) is 5.65 Å². The molecule has 3 rings (SSSR count). The van der Waals surface area contributed by atoms with Gasteiger partial charge in [0, 0.05) is 20.2 Å². The van der Waals surface area contributed by atoms with Crippen LogP contribution in [0.25, 0.3) is 5.65 Å². The Hall–Kier alpha value is -2.39. The molecule has 9 nitrogen and oxygen atoms in total. The lowest BCUT2D eigenvalue weighted by Gasteiger charge is -2.24. The number of carbonyl (C=O) groups excluding carboxylic acids is 2. The van der Waals surface area contributed by atoms with Crippen LogP contribution in [-0.2, 0) is 9.47 Å². The molecule has 1 aliphatic rings. The first-order valence-electron chi connectivity index (χ1n) is 8.45. The van der Waals surface area contributed by atoms with Gasteiger partial charge in [-0.2, -0.15) is 9.61 Å². The minimum atomic E-state index is -0.654. The molecule has 2 aromatic rings. The fourth-order valence-electron chi connectivity index (χ4n) is 2.57. The van der Waals surface area contributed by atoms with E-state index in [2.05, 4.69) is 15.4 Å². The molecule has 0 spiro atoms. The number of hydrogen-bond donors (Lipinski definition) is 1. The third-order valence-corrected chi connectivity index (χ3v) is 4.22. The minimum Gasteiger partial charge on any atom is -0.443 e. The molecule has 1 unspecified atom stereocenters. The molecular formula is C17H22ClN5O4. The third-order valence-electron chi connectivity index (χ3n) is 4.03. The van der Waals surface area contributed by atoms with E-state index in [1.807, 2.05) is 0 Å². The summed E-state index contributed by atoms with van der Waals surface area (Å²) < 4.78 is 11.9. The molecular weight excluding hydrogens is 374 g/mol. The average Bonchev–Trinajstić information content (AvgIpc) is 3.18. The summed E-state index contributed by atoms with van der Waals surface area (Å²) in [5.41, 5.74) is -0.142. The van der Waals surface area contributed by atoms with E-state index < -0.39 is 11.7 Å². The van der Waals surface area contributed by atoms with Gasteiger partial charge in [-0.25, -0.2) is 9.78 Å². The molecule has 0 aliphatic heterocycles. The van der Waals surface area contributed by atoms with Crippen molar-refractivity contribution in [3.63, 3.8) is 0 Å². The highest BCUT2D eigenvalue weighted by atomic mass is 35.5. The summed E-state index contributed by atoms with van der Waals surface area (Å²) >= 11 is 6.12. The van der Waals surface area contributed by atoms with Gasteiger partial charge in [0.1, 0.15) is 22.1 Å². The van der Waals surface area contributed by atoms with Crippen molar-refractivity contribution in [1.82, 2.24) is 19.9 Å². The Morgan fingerprint density at radius 3 is 2.70 bits per heavy atom. The highest BCUT2D eigenvalue weighted by molar-refractivity contribution is 6.30. The molecule has 2 heterocycles. The molecule has 0 radical (unpaired) electrons. The zero-order valence-electron chi connectivity index (χ0n) is 15.8. The average molecular weight is 396 g/mol. The summed E-state index contributed by atoms with van der Waals surface area (Å²) in [6, 6.07) is 1.45. The molecule has 2 atom stereocenters. The maximum absolute atomic E-state index is 12.5. The van der Waals surface area contributed by atoms with Gasteiger partial charge >= 0.3 is 6.09 Å². The van der Waals surface area contributed by atoms with Gasteiger partial charge in [0.25, 0.3) is 5.91 Å². The lowest BCUT2D eigenvalue weighted by atomic mass is 10.2. The van der Waals surface area contributed by atoms with Crippen LogP contribution in [0.2, 0.25) is 5.15 Å². The molecule has 0 saturated heterocycles. The number of methoxy groups -OCH3 is 1. The normalized spacial score (nSPS) is 19.0. The quantitative estimate of drug-likeness (QED) is 0.797. The summed E-state index contributed by atoms with van der Waals surface area (Å²) in [7, 11) is 3.14. The lowest BCUT2D eigenvalue weighted by Crippen LogP contribution is -2.35. The van der Waals surface area contributed by atoms with E-state index in [1.54, 1.807) is 27.9 Å². The van der Waals surface area contributed by atoms with Crippen molar-refractivity contribution in [1.29, 1.82) is 0 Å². The zero-order chi connectivity index (χ0) is 19.9. The van der Waals surface area contributed by atoms with E-state index >= 15 is 0 Å². The largest absolute Gasteiger partial charge is 0.443 e. The molecule has 10 heteroatoms. The second-order valence-corrected chi connectivity index (χ2v) is 7.75. The second-order valence-electron chi connectivity index (χ2n) is 7.36. The van der Waals surface area contributed by atoms with Crippen LogP contribution >= 0.6 is 11.6 Å². The maximum atomic E-state index is 12.5. The van der Waals surface area contributed by atoms with Gasteiger partial charge in [-0.1, -0.05) is 11.6 Å². The Bertz CT molecular complexity index is 891. The minimum absolute atomic E-state index is 0.0273. The predicted molar refractivity (Wildman–Crippen MR) is 99.3 cm³/mol. The highest BCUT2D eigenvalue weighted by Gasteiger charge is 2.39. The van der Waals surface area contributed by atoms with Gasteiger partial charge in [0.2, 0.25) is 0 Å². The number of nitrogens with zero attached hydrogens (tertiary/aromatic N) is 4. The summed E-state index contributed by atoms with van der Waals surface area (Å²) in [6.45, 7) is 5.32. The molecule has 1 aliphatic carbocycles. The van der Waals surface area contributed by atoms with Crippen molar-refractivity contribution < 1.29 is 19.1 Å². The topological polar surface area (TPSA) is 98.1 Å².